The number of aliphatic hydroxyl groups excluding tert-OH is 1. The molecular formula is C81H144O17P2. The third-order valence-electron chi connectivity index (χ3n) is 16.9. The monoisotopic (exact) mass is 1450 g/mol. The van der Waals surface area contributed by atoms with Crippen molar-refractivity contribution in [1.29, 1.82) is 0 Å². The third kappa shape index (κ3) is 72.6. The van der Waals surface area contributed by atoms with Crippen LogP contribution in [0, 0.1) is 0 Å². The maximum atomic E-state index is 13.1. The normalized spacial score (nSPS) is 14.3. The van der Waals surface area contributed by atoms with Crippen LogP contribution in [0.15, 0.2) is 85.1 Å². The quantitative estimate of drug-likeness (QED) is 0.0169. The Balaban J connectivity index is 5.36. The average molecular weight is 1450 g/mol. The number of allylic oxidation sites excluding steroid dienone is 14. The number of rotatable bonds is 75. The highest BCUT2D eigenvalue weighted by Crippen LogP contribution is 2.45. The van der Waals surface area contributed by atoms with Crippen LogP contribution in [0.2, 0.25) is 0 Å². The second-order valence-corrected chi connectivity index (χ2v) is 29.5. The Labute approximate surface area is 608 Å². The van der Waals surface area contributed by atoms with Crippen LogP contribution in [0.1, 0.15) is 349 Å². The van der Waals surface area contributed by atoms with Crippen LogP contribution in [0.5, 0.6) is 0 Å². The van der Waals surface area contributed by atoms with Crippen molar-refractivity contribution in [3.05, 3.63) is 85.1 Å². The van der Waals surface area contributed by atoms with Crippen LogP contribution in [0.4, 0.5) is 0 Å². The van der Waals surface area contributed by atoms with Gasteiger partial charge in [-0.05, 0) is 116 Å². The molecule has 5 atom stereocenters. The van der Waals surface area contributed by atoms with E-state index < -0.39 is 97.5 Å². The molecule has 100 heavy (non-hydrogen) atoms. The van der Waals surface area contributed by atoms with Crippen molar-refractivity contribution < 1.29 is 80.2 Å². The lowest BCUT2D eigenvalue weighted by Gasteiger charge is -2.21. The Morgan fingerprint density at radius 2 is 0.520 bits per heavy atom. The molecular weight excluding hydrogens is 1310 g/mol. The van der Waals surface area contributed by atoms with Gasteiger partial charge in [0.2, 0.25) is 0 Å². The number of esters is 4. The molecule has 5 unspecified atom stereocenters. The molecule has 0 aromatic carbocycles. The van der Waals surface area contributed by atoms with E-state index >= 15 is 0 Å². The summed E-state index contributed by atoms with van der Waals surface area (Å²) in [4.78, 5) is 73.0. The average Bonchev–Trinajstić information content (AvgIpc) is 1.01. The molecule has 0 aliphatic heterocycles. The van der Waals surface area contributed by atoms with Gasteiger partial charge in [0.25, 0.3) is 0 Å². The van der Waals surface area contributed by atoms with E-state index in [1.165, 1.54) is 103 Å². The number of hydrogen-bond donors (Lipinski definition) is 3. The molecule has 17 nitrogen and oxygen atoms in total. The van der Waals surface area contributed by atoms with Crippen LogP contribution >= 0.6 is 15.6 Å². The summed E-state index contributed by atoms with van der Waals surface area (Å²) in [6.45, 7) is 4.66. The van der Waals surface area contributed by atoms with Crippen molar-refractivity contribution in [1.82, 2.24) is 0 Å². The Morgan fingerprint density at radius 3 is 0.810 bits per heavy atom. The Hall–Kier alpha value is -3.76. The van der Waals surface area contributed by atoms with Gasteiger partial charge in [-0.15, -0.1) is 0 Å². The second kappa shape index (κ2) is 73.5. The highest BCUT2D eigenvalue weighted by Gasteiger charge is 2.30. The number of unbranched alkanes of at least 4 members (excludes halogenated alkanes) is 35. The summed E-state index contributed by atoms with van der Waals surface area (Å²) in [7, 11) is -9.95. The van der Waals surface area contributed by atoms with Crippen LogP contribution in [-0.4, -0.2) is 96.7 Å². The molecule has 580 valence electrons. The van der Waals surface area contributed by atoms with Gasteiger partial charge in [-0.3, -0.25) is 37.3 Å². The van der Waals surface area contributed by atoms with Gasteiger partial charge in [-0.25, -0.2) is 9.13 Å². The zero-order chi connectivity index (χ0) is 73.2. The molecule has 0 saturated heterocycles. The zero-order valence-electron chi connectivity index (χ0n) is 63.4. The number of phosphoric ester groups is 2. The van der Waals surface area contributed by atoms with Gasteiger partial charge in [0, 0.05) is 25.7 Å². The topological polar surface area (TPSA) is 237 Å². The van der Waals surface area contributed by atoms with E-state index in [9.17, 15) is 43.2 Å². The predicted octanol–water partition coefficient (Wildman–Crippen LogP) is 23.0. The lowest BCUT2D eigenvalue weighted by Crippen LogP contribution is -2.30. The van der Waals surface area contributed by atoms with E-state index in [4.69, 9.17) is 37.0 Å². The zero-order valence-corrected chi connectivity index (χ0v) is 65.2. The molecule has 0 aliphatic carbocycles. The van der Waals surface area contributed by atoms with Crippen LogP contribution in [0.25, 0.3) is 0 Å². The predicted molar refractivity (Wildman–Crippen MR) is 409 cm³/mol. The number of ether oxygens (including phenoxy) is 4. The minimum absolute atomic E-state index is 0.0828. The molecule has 0 aromatic heterocycles. The van der Waals surface area contributed by atoms with Crippen LogP contribution < -0.4 is 0 Å². The first-order valence-corrected chi connectivity index (χ1v) is 42.8. The van der Waals surface area contributed by atoms with Crippen LogP contribution in [0.3, 0.4) is 0 Å². The maximum absolute atomic E-state index is 13.1. The summed E-state index contributed by atoms with van der Waals surface area (Å²) in [5, 5.41) is 10.6. The van der Waals surface area contributed by atoms with Gasteiger partial charge in [0.15, 0.2) is 12.2 Å². The van der Waals surface area contributed by atoms with Gasteiger partial charge in [0.1, 0.15) is 19.3 Å². The molecule has 0 aliphatic rings. The molecule has 3 N–H and O–H groups in total. The van der Waals surface area contributed by atoms with E-state index in [1.54, 1.807) is 0 Å². The van der Waals surface area contributed by atoms with Gasteiger partial charge in [0.05, 0.1) is 26.4 Å². The largest absolute Gasteiger partial charge is 0.472 e. The SMILES string of the molecule is CC/C=C\C/C=C\C/C=C\CCCCCCCC(=O)OCC(COP(=O)(O)OCC(O)COP(=O)(O)OCC(COC(=O)CCCCCCC/C=C\C/C=C\C/C=C\CC)OC(=O)CCCCCCCCCCCCCCCCC)OC(=O)CCCCCCC/C=C\CCCCCCCC. The molecule has 0 fully saturated rings. The van der Waals surface area contributed by atoms with Crippen molar-refractivity contribution in [2.75, 3.05) is 39.6 Å². The summed E-state index contributed by atoms with van der Waals surface area (Å²) in [6, 6.07) is 0. The molecule has 0 bridgehead atoms. The van der Waals surface area contributed by atoms with Crippen molar-refractivity contribution in [2.45, 2.75) is 367 Å². The van der Waals surface area contributed by atoms with Gasteiger partial charge < -0.3 is 33.8 Å². The maximum Gasteiger partial charge on any atom is 0.472 e. The van der Waals surface area contributed by atoms with Crippen molar-refractivity contribution in [3.8, 4) is 0 Å². The fraction of sp³-hybridized carbons (Fsp3) is 0.778. The summed E-state index contributed by atoms with van der Waals surface area (Å²) < 4.78 is 68.6. The van der Waals surface area contributed by atoms with E-state index in [0.29, 0.717) is 25.7 Å². The van der Waals surface area contributed by atoms with Crippen molar-refractivity contribution in [2.24, 2.45) is 0 Å². The number of carbonyl (C=O) groups is 4. The molecule has 0 aromatic rings. The van der Waals surface area contributed by atoms with Crippen molar-refractivity contribution >= 4 is 39.5 Å². The molecule has 19 heteroatoms. The number of hydrogen-bond acceptors (Lipinski definition) is 15. The third-order valence-corrected chi connectivity index (χ3v) is 18.8. The van der Waals surface area contributed by atoms with E-state index in [1.807, 2.05) is 0 Å². The Kier molecular flexibility index (Phi) is 70.8. The Morgan fingerprint density at radius 1 is 0.290 bits per heavy atom. The van der Waals surface area contributed by atoms with Crippen molar-refractivity contribution in [3.63, 3.8) is 0 Å². The Bertz CT molecular complexity index is 2230. The number of aliphatic hydroxyl groups is 1. The van der Waals surface area contributed by atoms with Gasteiger partial charge in [-0.1, -0.05) is 293 Å². The van der Waals surface area contributed by atoms with Gasteiger partial charge >= 0.3 is 39.5 Å². The lowest BCUT2D eigenvalue weighted by molar-refractivity contribution is -0.161. The number of phosphoric acid groups is 2. The molecule has 0 amide bonds. The fourth-order valence-corrected chi connectivity index (χ4v) is 12.4. The first kappa shape index (κ1) is 96.2. The summed E-state index contributed by atoms with van der Waals surface area (Å²) in [5.41, 5.74) is 0. The lowest BCUT2D eigenvalue weighted by atomic mass is 10.0. The molecule has 0 heterocycles. The highest BCUT2D eigenvalue weighted by molar-refractivity contribution is 7.47. The molecule has 0 spiro atoms. The standard InChI is InChI=1S/C81H144O17P2/c1-5-9-13-17-21-25-29-33-37-41-45-49-53-57-61-65-78(83)91-71-76(97-80(85)67-63-59-55-51-47-43-39-35-31-27-23-19-15-11-7-3)73-95-99(87,88)93-69-75(82)70-94-100(89,90)96-74-77(98-81(86)68-64-60-56-52-48-44-40-36-32-28-24-20-16-12-8-4)72-92-79(84)66-62-58-54-50-46-42-38-34-30-26-22-18-14-10-6-2/h9-10,13-14,21-22,25-26,33-35,37-39,75-77,82H,5-8,11-12,15-20,23-24,27-32,36,40-74H2,1-4H3,(H,87,88)(H,89,90)/b13-9-,14-10-,25-21-,26-22-,37-33-,38-34-,39-35-. The second-order valence-electron chi connectivity index (χ2n) is 26.6. The highest BCUT2D eigenvalue weighted by atomic mass is 31.2. The van der Waals surface area contributed by atoms with E-state index in [-0.39, 0.29) is 25.7 Å². The van der Waals surface area contributed by atoms with Crippen LogP contribution in [-0.2, 0) is 65.4 Å². The molecule has 0 saturated carbocycles. The smallest absolute Gasteiger partial charge is 0.462 e. The summed E-state index contributed by atoms with van der Waals surface area (Å²) in [6.07, 6.45) is 75.6. The first-order chi connectivity index (χ1) is 48.7. The minimum atomic E-state index is -4.98. The first-order valence-electron chi connectivity index (χ1n) is 39.8. The van der Waals surface area contributed by atoms with E-state index in [0.717, 1.165) is 167 Å². The fourth-order valence-electron chi connectivity index (χ4n) is 10.8. The number of carbonyl (C=O) groups excluding carboxylic acids is 4. The summed E-state index contributed by atoms with van der Waals surface area (Å²) >= 11 is 0. The minimum Gasteiger partial charge on any atom is -0.462 e. The summed E-state index contributed by atoms with van der Waals surface area (Å²) in [5.74, 6) is -2.20. The molecule has 0 radical (unpaired) electrons. The van der Waals surface area contributed by atoms with Gasteiger partial charge in [-0.2, -0.15) is 0 Å². The molecule has 0 rings (SSSR count). The van der Waals surface area contributed by atoms with E-state index in [2.05, 4.69) is 113 Å².